The van der Waals surface area contributed by atoms with Crippen molar-refractivity contribution in [1.29, 1.82) is 0 Å². The van der Waals surface area contributed by atoms with Crippen LogP contribution >= 0.6 is 11.6 Å². The van der Waals surface area contributed by atoms with Crippen molar-refractivity contribution in [2.45, 2.75) is 31.9 Å². The lowest BCUT2D eigenvalue weighted by atomic mass is 10.0. The van der Waals surface area contributed by atoms with Crippen molar-refractivity contribution in [3.63, 3.8) is 0 Å². The molecule has 3 heterocycles. The molecular formula is C27H29ClFN5O4. The van der Waals surface area contributed by atoms with Gasteiger partial charge in [0.2, 0.25) is 0 Å². The third-order valence-corrected chi connectivity index (χ3v) is 6.96. The van der Waals surface area contributed by atoms with Gasteiger partial charge in [0.25, 0.3) is 5.91 Å². The molecule has 0 radical (unpaired) electrons. The topological polar surface area (TPSA) is 97.8 Å². The van der Waals surface area contributed by atoms with Crippen LogP contribution < -0.4 is 15.4 Å². The van der Waals surface area contributed by atoms with Crippen molar-refractivity contribution in [2.75, 3.05) is 44.1 Å². The van der Waals surface area contributed by atoms with Crippen LogP contribution in [0.2, 0.25) is 5.02 Å². The number of nitrogens with one attached hydrogen (secondary N) is 2. The summed E-state index contributed by atoms with van der Waals surface area (Å²) < 4.78 is 30.7. The number of carbonyl (C=O) groups is 1. The Bertz CT molecular complexity index is 1360. The molecular weight excluding hydrogens is 513 g/mol. The molecule has 2 unspecified atom stereocenters. The van der Waals surface area contributed by atoms with E-state index in [-0.39, 0.29) is 23.1 Å². The summed E-state index contributed by atoms with van der Waals surface area (Å²) in [5.41, 5.74) is 2.21. The molecule has 0 bridgehead atoms. The number of rotatable bonds is 9. The van der Waals surface area contributed by atoms with Crippen molar-refractivity contribution in [2.24, 2.45) is 0 Å². The van der Waals surface area contributed by atoms with Gasteiger partial charge in [-0.3, -0.25) is 4.79 Å². The number of benzene rings is 2. The minimum atomic E-state index is -0.512. The van der Waals surface area contributed by atoms with Gasteiger partial charge in [0.05, 0.1) is 47.8 Å². The van der Waals surface area contributed by atoms with Gasteiger partial charge in [0, 0.05) is 37.2 Å². The number of fused-ring (bicyclic) bond motifs is 1. The van der Waals surface area contributed by atoms with E-state index in [9.17, 15) is 9.18 Å². The van der Waals surface area contributed by atoms with Crippen LogP contribution in [0.3, 0.4) is 0 Å². The fourth-order valence-electron chi connectivity index (χ4n) is 4.61. The molecule has 2 atom stereocenters. The summed E-state index contributed by atoms with van der Waals surface area (Å²) >= 11 is 5.96. The van der Waals surface area contributed by atoms with Crippen LogP contribution in [-0.4, -0.2) is 66.4 Å². The van der Waals surface area contributed by atoms with Gasteiger partial charge in [-0.1, -0.05) is 17.7 Å². The first kappa shape index (κ1) is 26.1. The molecule has 2 fully saturated rings. The summed E-state index contributed by atoms with van der Waals surface area (Å²) in [6.07, 6.45) is 4.81. The normalized spacial score (nSPS) is 19.4. The highest BCUT2D eigenvalue weighted by atomic mass is 35.5. The summed E-state index contributed by atoms with van der Waals surface area (Å²) in [5.74, 6) is 0.195. The van der Waals surface area contributed by atoms with E-state index >= 15 is 0 Å². The Labute approximate surface area is 224 Å². The maximum Gasteiger partial charge on any atom is 0.271 e. The molecule has 2 N–H and O–H groups in total. The van der Waals surface area contributed by atoms with Crippen LogP contribution in [0.25, 0.3) is 10.9 Å². The van der Waals surface area contributed by atoms with E-state index in [2.05, 4.69) is 20.6 Å². The third-order valence-electron chi connectivity index (χ3n) is 6.67. The molecule has 200 valence electrons. The Morgan fingerprint density at radius 1 is 1.29 bits per heavy atom. The quantitative estimate of drug-likeness (QED) is 0.369. The molecule has 38 heavy (non-hydrogen) atoms. The highest BCUT2D eigenvalue weighted by molar-refractivity contribution is 6.31. The average Bonchev–Trinajstić information content (AvgIpc) is 3.41. The molecule has 2 aromatic carbocycles. The molecule has 0 saturated carbocycles. The number of allylic oxidation sites excluding steroid dienone is 1. The molecule has 2 saturated heterocycles. The SMILES string of the molecule is C/C=C(\C(=O)Nc1cc2c(Nc3ccc(F)c(Cl)c3)ncnc2cc1OC1CCOC1)N1CCC1COC. The molecule has 1 amide bonds. The molecule has 0 spiro atoms. The van der Waals surface area contributed by atoms with E-state index < -0.39 is 5.82 Å². The first-order valence-electron chi connectivity index (χ1n) is 12.4. The third kappa shape index (κ3) is 5.52. The van der Waals surface area contributed by atoms with E-state index in [0.29, 0.717) is 59.4 Å². The zero-order chi connectivity index (χ0) is 26.6. The largest absolute Gasteiger partial charge is 0.486 e. The molecule has 1 aromatic heterocycles. The number of carbonyl (C=O) groups excluding carboxylic acids is 1. The summed E-state index contributed by atoms with van der Waals surface area (Å²) in [4.78, 5) is 24.3. The number of methoxy groups -OCH3 is 1. The van der Waals surface area contributed by atoms with Crippen molar-refractivity contribution < 1.29 is 23.4 Å². The van der Waals surface area contributed by atoms with E-state index in [1.165, 1.54) is 18.5 Å². The number of amides is 1. The number of hydrogen-bond acceptors (Lipinski definition) is 8. The number of aromatic nitrogens is 2. The van der Waals surface area contributed by atoms with Gasteiger partial charge in [-0.15, -0.1) is 0 Å². The lowest BCUT2D eigenvalue weighted by Gasteiger charge is -2.43. The van der Waals surface area contributed by atoms with Crippen LogP contribution in [0, 0.1) is 5.82 Å². The zero-order valence-corrected chi connectivity index (χ0v) is 21.9. The number of halogens is 2. The van der Waals surface area contributed by atoms with Gasteiger partial charge >= 0.3 is 0 Å². The van der Waals surface area contributed by atoms with Gasteiger partial charge in [-0.05, 0) is 37.6 Å². The Morgan fingerprint density at radius 3 is 2.84 bits per heavy atom. The first-order valence-corrected chi connectivity index (χ1v) is 12.8. The van der Waals surface area contributed by atoms with Crippen LogP contribution in [0.15, 0.2) is 48.4 Å². The van der Waals surface area contributed by atoms with Gasteiger partial charge < -0.3 is 29.7 Å². The minimum Gasteiger partial charge on any atom is -0.486 e. The van der Waals surface area contributed by atoms with E-state index in [1.54, 1.807) is 31.4 Å². The molecule has 11 heteroatoms. The molecule has 9 nitrogen and oxygen atoms in total. The lowest BCUT2D eigenvalue weighted by Crippen LogP contribution is -2.51. The summed E-state index contributed by atoms with van der Waals surface area (Å²) in [6, 6.07) is 8.04. The van der Waals surface area contributed by atoms with Crippen molar-refractivity contribution in [3.05, 3.63) is 59.3 Å². The van der Waals surface area contributed by atoms with E-state index in [1.807, 2.05) is 11.8 Å². The maximum absolute atomic E-state index is 13.7. The Hall–Kier alpha value is -3.47. The van der Waals surface area contributed by atoms with Gasteiger partial charge in [-0.2, -0.15) is 0 Å². The summed E-state index contributed by atoms with van der Waals surface area (Å²) in [7, 11) is 1.66. The van der Waals surface area contributed by atoms with Crippen molar-refractivity contribution in [3.8, 4) is 5.75 Å². The predicted molar refractivity (Wildman–Crippen MR) is 143 cm³/mol. The zero-order valence-electron chi connectivity index (χ0n) is 21.2. The molecule has 3 aromatic rings. The van der Waals surface area contributed by atoms with Crippen LogP contribution in [-0.2, 0) is 14.3 Å². The minimum absolute atomic E-state index is 0.00700. The Kier molecular flexibility index (Phi) is 7.92. The summed E-state index contributed by atoms with van der Waals surface area (Å²) in [5, 5.41) is 6.84. The van der Waals surface area contributed by atoms with Gasteiger partial charge in [0.15, 0.2) is 0 Å². The molecule has 0 aliphatic carbocycles. The average molecular weight is 542 g/mol. The number of nitrogens with zero attached hydrogens (tertiary/aromatic N) is 3. The summed E-state index contributed by atoms with van der Waals surface area (Å²) in [6.45, 7) is 4.27. The monoisotopic (exact) mass is 541 g/mol. The first-order chi connectivity index (χ1) is 18.5. The van der Waals surface area contributed by atoms with Gasteiger partial charge in [0.1, 0.15) is 29.8 Å². The predicted octanol–water partition coefficient (Wildman–Crippen LogP) is 4.90. The van der Waals surface area contributed by atoms with Crippen LogP contribution in [0.1, 0.15) is 19.8 Å². The second-order valence-corrected chi connectivity index (χ2v) is 9.57. The molecule has 2 aliphatic heterocycles. The fraction of sp³-hybridized carbons (Fsp3) is 0.370. The number of ether oxygens (including phenoxy) is 3. The maximum atomic E-state index is 13.7. The van der Waals surface area contributed by atoms with Crippen LogP contribution in [0.4, 0.5) is 21.6 Å². The lowest BCUT2D eigenvalue weighted by molar-refractivity contribution is -0.115. The van der Waals surface area contributed by atoms with Crippen molar-refractivity contribution >= 4 is 45.6 Å². The van der Waals surface area contributed by atoms with Crippen LogP contribution in [0.5, 0.6) is 5.75 Å². The smallest absolute Gasteiger partial charge is 0.271 e. The van der Waals surface area contributed by atoms with E-state index in [4.69, 9.17) is 25.8 Å². The highest BCUT2D eigenvalue weighted by Crippen LogP contribution is 2.36. The molecule has 5 rings (SSSR count). The van der Waals surface area contributed by atoms with Gasteiger partial charge in [-0.25, -0.2) is 14.4 Å². The number of hydrogen-bond donors (Lipinski definition) is 2. The number of likely N-dealkylation sites (tertiary alicyclic amines) is 1. The van der Waals surface area contributed by atoms with Crippen molar-refractivity contribution in [1.82, 2.24) is 14.9 Å². The second-order valence-electron chi connectivity index (χ2n) is 9.16. The highest BCUT2D eigenvalue weighted by Gasteiger charge is 2.32. The Balaban J connectivity index is 1.49. The fourth-order valence-corrected chi connectivity index (χ4v) is 4.79. The Morgan fingerprint density at radius 2 is 2.16 bits per heavy atom. The van der Waals surface area contributed by atoms with E-state index in [0.717, 1.165) is 19.4 Å². The second kappa shape index (κ2) is 11.5. The standard InChI is InChI=1S/C27H29ClFN5O4/c1-3-24(34-8-6-17(34)13-36-2)27(35)33-23-11-19-22(12-25(23)38-18-7-9-37-14-18)30-15-31-26(19)32-16-4-5-21(29)20(28)10-16/h3-5,10-12,15,17-18H,6-9,13-14H2,1-2H3,(H,33,35)(H,30,31,32)/b24-3+. The molecule has 2 aliphatic rings. The number of anilines is 3.